The average Bonchev–Trinajstić information content (AvgIpc) is 2.32. The molecule has 0 aromatic carbocycles. The molecule has 0 aliphatic carbocycles. The highest BCUT2D eigenvalue weighted by molar-refractivity contribution is 6.31. The predicted octanol–water partition coefficient (Wildman–Crippen LogP) is 3.87. The molecule has 98 valence electrons. The molecule has 0 atom stereocenters. The zero-order chi connectivity index (χ0) is 13.6. The van der Waals surface area contributed by atoms with Crippen LogP contribution in [0.3, 0.4) is 0 Å². The van der Waals surface area contributed by atoms with Crippen LogP contribution in [0.2, 0.25) is 0 Å². The number of likely N-dealkylation sites (tertiary alicyclic amines) is 1. The maximum Gasteiger partial charge on any atom is 0.0627 e. The summed E-state index contributed by atoms with van der Waals surface area (Å²) < 4.78 is 0. The van der Waals surface area contributed by atoms with E-state index in [0.717, 1.165) is 38.0 Å². The molecular formula is C15H21ClN2. The van der Waals surface area contributed by atoms with Crippen LogP contribution in [0.1, 0.15) is 26.2 Å². The molecule has 0 bridgehead atoms. The standard InChI is InChI=1S/C15H21ClN2/c1-4-14(16)11-13(2)12-18-9-6-15(3,5-8-17)7-10-18/h4,11H,1-2,5-7,9-10,12H2,3H3/b14-11+. The molecule has 0 unspecified atom stereocenters. The molecule has 1 aliphatic heterocycles. The Labute approximate surface area is 115 Å². The van der Waals surface area contributed by atoms with Crippen molar-refractivity contribution in [2.75, 3.05) is 19.6 Å². The molecule has 0 N–H and O–H groups in total. The van der Waals surface area contributed by atoms with Crippen LogP contribution in [0.4, 0.5) is 0 Å². The second kappa shape index (κ2) is 6.78. The average molecular weight is 265 g/mol. The lowest BCUT2D eigenvalue weighted by atomic mass is 9.78. The number of hydrogen-bond donors (Lipinski definition) is 0. The third-order valence-electron chi connectivity index (χ3n) is 3.53. The SMILES string of the molecule is C=C/C(Cl)=C\C(=C)CN1CCC(C)(CC#N)CC1. The first kappa shape index (κ1) is 15.0. The van der Waals surface area contributed by atoms with E-state index < -0.39 is 0 Å². The van der Waals surface area contributed by atoms with E-state index in [9.17, 15) is 0 Å². The number of rotatable bonds is 5. The normalized spacial score (nSPS) is 20.2. The summed E-state index contributed by atoms with van der Waals surface area (Å²) in [6.07, 6.45) is 6.29. The van der Waals surface area contributed by atoms with Gasteiger partial charge in [-0.2, -0.15) is 5.26 Å². The molecule has 0 radical (unpaired) electrons. The van der Waals surface area contributed by atoms with Gasteiger partial charge in [-0.05, 0) is 43.0 Å². The van der Waals surface area contributed by atoms with Gasteiger partial charge in [0.1, 0.15) is 0 Å². The van der Waals surface area contributed by atoms with E-state index in [1.807, 2.05) is 6.08 Å². The Morgan fingerprint density at radius 1 is 1.50 bits per heavy atom. The van der Waals surface area contributed by atoms with E-state index in [2.05, 4.69) is 31.1 Å². The molecule has 18 heavy (non-hydrogen) atoms. The van der Waals surface area contributed by atoms with Crippen molar-refractivity contribution >= 4 is 11.6 Å². The molecule has 1 fully saturated rings. The van der Waals surface area contributed by atoms with Crippen molar-refractivity contribution in [2.24, 2.45) is 5.41 Å². The van der Waals surface area contributed by atoms with Crippen LogP contribution in [0, 0.1) is 16.7 Å². The maximum absolute atomic E-state index is 8.81. The molecule has 0 aromatic rings. The van der Waals surface area contributed by atoms with E-state index >= 15 is 0 Å². The molecular weight excluding hydrogens is 244 g/mol. The van der Waals surface area contributed by atoms with Crippen LogP contribution in [0.15, 0.2) is 35.9 Å². The van der Waals surface area contributed by atoms with Crippen molar-refractivity contribution < 1.29 is 0 Å². The van der Waals surface area contributed by atoms with Crippen molar-refractivity contribution in [1.82, 2.24) is 4.90 Å². The van der Waals surface area contributed by atoms with Crippen molar-refractivity contribution in [3.63, 3.8) is 0 Å². The third kappa shape index (κ3) is 4.68. The number of allylic oxidation sites excluding steroid dienone is 2. The van der Waals surface area contributed by atoms with Gasteiger partial charge in [0, 0.05) is 18.0 Å². The largest absolute Gasteiger partial charge is 0.299 e. The molecule has 0 aromatic heterocycles. The number of nitriles is 1. The first-order chi connectivity index (χ1) is 8.49. The Morgan fingerprint density at radius 3 is 2.61 bits per heavy atom. The lowest BCUT2D eigenvalue weighted by Crippen LogP contribution is -2.39. The van der Waals surface area contributed by atoms with E-state index in [1.165, 1.54) is 0 Å². The van der Waals surface area contributed by atoms with Crippen molar-refractivity contribution in [3.05, 3.63) is 35.9 Å². The lowest BCUT2D eigenvalue weighted by Gasteiger charge is -2.38. The minimum Gasteiger partial charge on any atom is -0.299 e. The highest BCUT2D eigenvalue weighted by Gasteiger charge is 2.29. The Hall–Kier alpha value is -1.04. The molecule has 0 amide bonds. The smallest absolute Gasteiger partial charge is 0.0627 e. The minimum absolute atomic E-state index is 0.196. The van der Waals surface area contributed by atoms with Crippen LogP contribution >= 0.6 is 11.6 Å². The topological polar surface area (TPSA) is 27.0 Å². The zero-order valence-electron chi connectivity index (χ0n) is 11.1. The summed E-state index contributed by atoms with van der Waals surface area (Å²) in [7, 11) is 0. The predicted molar refractivity (Wildman–Crippen MR) is 77.3 cm³/mol. The number of halogens is 1. The van der Waals surface area contributed by atoms with Gasteiger partial charge in [0.2, 0.25) is 0 Å². The Kier molecular flexibility index (Phi) is 5.65. The number of hydrogen-bond acceptors (Lipinski definition) is 2. The fourth-order valence-corrected chi connectivity index (χ4v) is 2.36. The second-order valence-corrected chi connectivity index (χ2v) is 5.75. The summed E-state index contributed by atoms with van der Waals surface area (Å²) in [4.78, 5) is 2.37. The molecule has 1 heterocycles. The summed E-state index contributed by atoms with van der Waals surface area (Å²) in [6.45, 7) is 12.7. The van der Waals surface area contributed by atoms with Crippen LogP contribution < -0.4 is 0 Å². The molecule has 3 heteroatoms. The highest BCUT2D eigenvalue weighted by atomic mass is 35.5. The Balaban J connectivity index is 2.43. The lowest BCUT2D eigenvalue weighted by molar-refractivity contribution is 0.130. The Bertz CT molecular complexity index is 382. The number of piperidine rings is 1. The van der Waals surface area contributed by atoms with E-state index in [0.29, 0.717) is 11.5 Å². The minimum atomic E-state index is 0.196. The molecule has 1 saturated heterocycles. The summed E-state index contributed by atoms with van der Waals surface area (Å²) in [5, 5.41) is 9.44. The van der Waals surface area contributed by atoms with E-state index in [-0.39, 0.29) is 5.41 Å². The highest BCUT2D eigenvalue weighted by Crippen LogP contribution is 2.34. The van der Waals surface area contributed by atoms with Gasteiger partial charge < -0.3 is 0 Å². The fraction of sp³-hybridized carbons (Fsp3) is 0.533. The Morgan fingerprint density at radius 2 is 2.11 bits per heavy atom. The summed E-state index contributed by atoms with van der Waals surface area (Å²) in [6, 6.07) is 2.29. The van der Waals surface area contributed by atoms with Crippen LogP contribution in [-0.2, 0) is 0 Å². The van der Waals surface area contributed by atoms with Gasteiger partial charge in [-0.1, -0.05) is 37.8 Å². The van der Waals surface area contributed by atoms with E-state index in [1.54, 1.807) is 6.08 Å². The molecule has 2 nitrogen and oxygen atoms in total. The number of nitrogens with zero attached hydrogens (tertiary/aromatic N) is 2. The molecule has 0 saturated carbocycles. The van der Waals surface area contributed by atoms with Crippen LogP contribution in [-0.4, -0.2) is 24.5 Å². The van der Waals surface area contributed by atoms with Gasteiger partial charge in [0.25, 0.3) is 0 Å². The van der Waals surface area contributed by atoms with Crippen LogP contribution in [0.5, 0.6) is 0 Å². The van der Waals surface area contributed by atoms with Gasteiger partial charge in [-0.25, -0.2) is 0 Å². The first-order valence-electron chi connectivity index (χ1n) is 6.26. The van der Waals surface area contributed by atoms with Gasteiger partial charge in [-0.3, -0.25) is 4.90 Å². The van der Waals surface area contributed by atoms with Crippen molar-refractivity contribution in [2.45, 2.75) is 26.2 Å². The summed E-state index contributed by atoms with van der Waals surface area (Å²) >= 11 is 5.89. The summed E-state index contributed by atoms with van der Waals surface area (Å²) in [5.41, 5.74) is 1.20. The van der Waals surface area contributed by atoms with Crippen molar-refractivity contribution in [1.29, 1.82) is 5.26 Å². The monoisotopic (exact) mass is 264 g/mol. The first-order valence-corrected chi connectivity index (χ1v) is 6.63. The zero-order valence-corrected chi connectivity index (χ0v) is 11.8. The summed E-state index contributed by atoms with van der Waals surface area (Å²) in [5.74, 6) is 0. The maximum atomic E-state index is 8.81. The van der Waals surface area contributed by atoms with Gasteiger partial charge >= 0.3 is 0 Å². The van der Waals surface area contributed by atoms with Gasteiger partial charge in [-0.15, -0.1) is 0 Å². The van der Waals surface area contributed by atoms with Crippen molar-refractivity contribution in [3.8, 4) is 6.07 Å². The van der Waals surface area contributed by atoms with Crippen LogP contribution in [0.25, 0.3) is 0 Å². The quantitative estimate of drug-likeness (QED) is 0.705. The van der Waals surface area contributed by atoms with E-state index in [4.69, 9.17) is 16.9 Å². The van der Waals surface area contributed by atoms with Gasteiger partial charge in [0.05, 0.1) is 6.07 Å². The fourth-order valence-electron chi connectivity index (χ4n) is 2.21. The van der Waals surface area contributed by atoms with Gasteiger partial charge in [0.15, 0.2) is 0 Å². The second-order valence-electron chi connectivity index (χ2n) is 5.31. The molecule has 0 spiro atoms. The third-order valence-corrected chi connectivity index (χ3v) is 3.80. The molecule has 1 aliphatic rings. The molecule has 1 rings (SSSR count).